The Balaban J connectivity index is 1.73. The molecular weight excluding hydrogens is 264 g/mol. The van der Waals surface area contributed by atoms with Gasteiger partial charge in [-0.2, -0.15) is 0 Å². The average molecular weight is 286 g/mol. The molecule has 0 amide bonds. The average Bonchev–Trinajstić information content (AvgIpc) is 2.92. The number of benzene rings is 1. The zero-order chi connectivity index (χ0) is 14.6. The smallest absolute Gasteiger partial charge is 0.309 e. The normalized spacial score (nSPS) is 33.8. The van der Waals surface area contributed by atoms with Crippen LogP contribution in [0.25, 0.3) is 0 Å². The lowest BCUT2D eigenvalue weighted by Gasteiger charge is -2.46. The summed E-state index contributed by atoms with van der Waals surface area (Å²) < 4.78 is 4.98. The molecule has 0 bridgehead atoms. The number of fused-ring (bicyclic) bond motifs is 2. The fraction of sp³-hybridized carbons (Fsp3) is 0.588. The van der Waals surface area contributed by atoms with Crippen LogP contribution in [-0.2, 0) is 9.53 Å². The molecule has 0 spiro atoms. The van der Waals surface area contributed by atoms with Gasteiger partial charge in [0, 0.05) is 36.7 Å². The summed E-state index contributed by atoms with van der Waals surface area (Å²) in [6.45, 7) is 1.88. The van der Waals surface area contributed by atoms with E-state index in [0.717, 1.165) is 19.5 Å². The van der Waals surface area contributed by atoms with Gasteiger partial charge in [0.1, 0.15) is 0 Å². The molecule has 112 valence electrons. The summed E-state index contributed by atoms with van der Waals surface area (Å²) in [4.78, 5) is 14.4. The fourth-order valence-electron chi connectivity index (χ4n) is 4.69. The van der Waals surface area contributed by atoms with E-state index >= 15 is 0 Å². The van der Waals surface area contributed by atoms with Crippen LogP contribution >= 0.6 is 0 Å². The van der Waals surface area contributed by atoms with Crippen molar-refractivity contribution >= 4 is 11.7 Å². The second kappa shape index (κ2) is 4.73. The lowest BCUT2D eigenvalue weighted by molar-refractivity contribution is -0.148. The highest BCUT2D eigenvalue weighted by atomic mass is 16.5. The Morgan fingerprint density at radius 2 is 2.24 bits per heavy atom. The van der Waals surface area contributed by atoms with Crippen molar-refractivity contribution in [2.75, 3.05) is 32.6 Å². The predicted molar refractivity (Wildman–Crippen MR) is 81.6 cm³/mol. The Kier molecular flexibility index (Phi) is 2.96. The molecule has 2 heterocycles. The quantitative estimate of drug-likeness (QED) is 0.804. The van der Waals surface area contributed by atoms with E-state index in [1.807, 2.05) is 0 Å². The van der Waals surface area contributed by atoms with Crippen LogP contribution in [0.15, 0.2) is 18.2 Å². The van der Waals surface area contributed by atoms with Gasteiger partial charge in [-0.1, -0.05) is 12.1 Å². The number of anilines is 1. The van der Waals surface area contributed by atoms with Crippen LogP contribution in [-0.4, -0.2) is 44.2 Å². The number of piperidine rings is 1. The molecular formula is C17H22N2O2. The van der Waals surface area contributed by atoms with Gasteiger partial charge in [0.15, 0.2) is 0 Å². The van der Waals surface area contributed by atoms with Crippen LogP contribution < -0.4 is 5.32 Å². The minimum absolute atomic E-state index is 0.00279. The third-order valence-corrected chi connectivity index (χ3v) is 5.62. The van der Waals surface area contributed by atoms with Gasteiger partial charge in [-0.3, -0.25) is 4.79 Å². The number of hydrogen-bond donors (Lipinski definition) is 1. The maximum absolute atomic E-state index is 12.0. The van der Waals surface area contributed by atoms with Crippen LogP contribution in [0.4, 0.5) is 5.69 Å². The number of carbonyl (C=O) groups excluding carboxylic acids is 1. The molecule has 21 heavy (non-hydrogen) atoms. The Bertz CT molecular complexity index is 586. The number of nitrogens with zero attached hydrogens (tertiary/aromatic N) is 1. The Labute approximate surface area is 125 Å². The summed E-state index contributed by atoms with van der Waals surface area (Å²) in [7, 11) is 3.65. The topological polar surface area (TPSA) is 41.6 Å². The minimum Gasteiger partial charge on any atom is -0.469 e. The molecule has 3 aliphatic rings. The summed E-state index contributed by atoms with van der Waals surface area (Å²) in [6, 6.07) is 7.15. The SMILES string of the molecule is COC(=O)[C@H]1CC2c3cccc4c3C(CN4)C[C@H]2N(C)C1. The number of esters is 1. The molecule has 0 saturated carbocycles. The largest absolute Gasteiger partial charge is 0.469 e. The molecule has 0 radical (unpaired) electrons. The molecule has 1 fully saturated rings. The van der Waals surface area contributed by atoms with Crippen molar-refractivity contribution in [1.82, 2.24) is 4.90 Å². The number of methoxy groups -OCH3 is 1. The molecule has 2 aliphatic heterocycles. The van der Waals surface area contributed by atoms with Gasteiger partial charge in [-0.15, -0.1) is 0 Å². The number of rotatable bonds is 1. The number of nitrogens with one attached hydrogen (secondary N) is 1. The highest BCUT2D eigenvalue weighted by Crippen LogP contribution is 2.50. The van der Waals surface area contributed by atoms with E-state index in [2.05, 4.69) is 35.5 Å². The molecule has 1 aliphatic carbocycles. The molecule has 4 atom stereocenters. The molecule has 1 aromatic rings. The number of ether oxygens (including phenoxy) is 1. The standard InChI is InChI=1S/C17H22N2O2/c1-19-9-11(17(20)21-2)6-13-12-4-3-5-14-16(12)10(8-18-14)7-15(13)19/h3-5,10-11,13,15,18H,6-9H2,1-2H3/t10?,11-,13?,15+/m0/s1. The highest BCUT2D eigenvalue weighted by molar-refractivity contribution is 5.73. The molecule has 1 N–H and O–H groups in total. The maximum atomic E-state index is 12.0. The second-order valence-electron chi connectivity index (χ2n) is 6.69. The van der Waals surface area contributed by atoms with Crippen molar-refractivity contribution in [2.24, 2.45) is 5.92 Å². The van der Waals surface area contributed by atoms with Gasteiger partial charge >= 0.3 is 5.97 Å². The summed E-state index contributed by atoms with van der Waals surface area (Å²) >= 11 is 0. The number of hydrogen-bond acceptors (Lipinski definition) is 4. The molecule has 4 heteroatoms. The van der Waals surface area contributed by atoms with Gasteiger partial charge in [0.2, 0.25) is 0 Å². The van der Waals surface area contributed by atoms with Crippen molar-refractivity contribution < 1.29 is 9.53 Å². The molecule has 1 saturated heterocycles. The van der Waals surface area contributed by atoms with Crippen LogP contribution in [0.3, 0.4) is 0 Å². The number of likely N-dealkylation sites (N-methyl/N-ethyl adjacent to an activating group) is 1. The van der Waals surface area contributed by atoms with E-state index in [0.29, 0.717) is 17.9 Å². The first-order chi connectivity index (χ1) is 10.2. The van der Waals surface area contributed by atoms with Crippen molar-refractivity contribution in [1.29, 1.82) is 0 Å². The molecule has 2 unspecified atom stereocenters. The van der Waals surface area contributed by atoms with E-state index in [1.54, 1.807) is 0 Å². The zero-order valence-corrected chi connectivity index (χ0v) is 12.6. The molecule has 4 rings (SSSR count). The van der Waals surface area contributed by atoms with Gasteiger partial charge in [0.05, 0.1) is 13.0 Å². The van der Waals surface area contributed by atoms with E-state index in [-0.39, 0.29) is 11.9 Å². The van der Waals surface area contributed by atoms with E-state index in [9.17, 15) is 4.79 Å². The van der Waals surface area contributed by atoms with Crippen LogP contribution in [0.1, 0.15) is 35.8 Å². The van der Waals surface area contributed by atoms with E-state index in [1.165, 1.54) is 30.3 Å². The van der Waals surface area contributed by atoms with Crippen LogP contribution in [0, 0.1) is 5.92 Å². The second-order valence-corrected chi connectivity index (χ2v) is 6.69. The van der Waals surface area contributed by atoms with Gasteiger partial charge in [-0.25, -0.2) is 0 Å². The van der Waals surface area contributed by atoms with Crippen molar-refractivity contribution in [2.45, 2.75) is 30.7 Å². The predicted octanol–water partition coefficient (Wildman–Crippen LogP) is 2.18. The summed E-state index contributed by atoms with van der Waals surface area (Å²) in [5.74, 6) is 1.03. The Morgan fingerprint density at radius 3 is 3.05 bits per heavy atom. The van der Waals surface area contributed by atoms with E-state index < -0.39 is 0 Å². The Hall–Kier alpha value is -1.55. The Morgan fingerprint density at radius 1 is 1.38 bits per heavy atom. The van der Waals surface area contributed by atoms with Crippen LogP contribution in [0.5, 0.6) is 0 Å². The first kappa shape index (κ1) is 13.1. The summed E-state index contributed by atoms with van der Waals surface area (Å²) in [5.41, 5.74) is 4.27. The van der Waals surface area contributed by atoms with Gasteiger partial charge in [-0.05, 0) is 37.1 Å². The summed E-state index contributed by atoms with van der Waals surface area (Å²) in [6.07, 6.45) is 2.12. The first-order valence-corrected chi connectivity index (χ1v) is 7.83. The number of likely N-dealkylation sites (tertiary alicyclic amines) is 1. The molecule has 0 aromatic heterocycles. The third-order valence-electron chi connectivity index (χ3n) is 5.62. The minimum atomic E-state index is -0.0619. The van der Waals surface area contributed by atoms with Gasteiger partial charge < -0.3 is 15.0 Å². The highest BCUT2D eigenvalue weighted by Gasteiger charge is 2.45. The van der Waals surface area contributed by atoms with Crippen molar-refractivity contribution in [3.63, 3.8) is 0 Å². The summed E-state index contributed by atoms with van der Waals surface area (Å²) in [5, 5.41) is 3.54. The maximum Gasteiger partial charge on any atom is 0.309 e. The van der Waals surface area contributed by atoms with E-state index in [4.69, 9.17) is 4.74 Å². The monoisotopic (exact) mass is 286 g/mol. The number of carbonyl (C=O) groups is 1. The third kappa shape index (κ3) is 1.89. The lowest BCUT2D eigenvalue weighted by atomic mass is 9.68. The fourth-order valence-corrected chi connectivity index (χ4v) is 4.69. The first-order valence-electron chi connectivity index (χ1n) is 7.83. The van der Waals surface area contributed by atoms with Crippen LogP contribution in [0.2, 0.25) is 0 Å². The van der Waals surface area contributed by atoms with Crippen molar-refractivity contribution in [3.05, 3.63) is 29.3 Å². The van der Waals surface area contributed by atoms with Crippen molar-refractivity contribution in [3.8, 4) is 0 Å². The van der Waals surface area contributed by atoms with Gasteiger partial charge in [0.25, 0.3) is 0 Å². The zero-order valence-electron chi connectivity index (χ0n) is 12.6. The molecule has 1 aromatic carbocycles. The molecule has 4 nitrogen and oxygen atoms in total. The lowest BCUT2D eigenvalue weighted by Crippen LogP contribution is -2.50.